The molecule has 5 heterocycles. The lowest BCUT2D eigenvalue weighted by atomic mass is 9.73. The molecule has 1 aliphatic carbocycles. The lowest BCUT2D eigenvalue weighted by Gasteiger charge is -2.39. The van der Waals surface area contributed by atoms with Crippen LogP contribution >= 0.6 is 11.6 Å². The number of amides is 2. The van der Waals surface area contributed by atoms with Gasteiger partial charge in [-0.2, -0.15) is 27.8 Å². The summed E-state index contributed by atoms with van der Waals surface area (Å²) in [7, 11) is 1.72. The summed E-state index contributed by atoms with van der Waals surface area (Å²) >= 11 is 6.14. The number of piperidine rings is 1. The Hall–Kier alpha value is -5.32. The fraction of sp³-hybridized carbons (Fsp3) is 0.394. The smallest absolute Gasteiger partial charge is 0.416 e. The zero-order chi connectivity index (χ0) is 36.6. The van der Waals surface area contributed by atoms with Gasteiger partial charge in [0, 0.05) is 36.8 Å². The number of anilines is 1. The molecule has 0 radical (unpaired) electrons. The predicted molar refractivity (Wildman–Crippen MR) is 178 cm³/mol. The van der Waals surface area contributed by atoms with Crippen molar-refractivity contribution in [2.45, 2.75) is 64.1 Å². The molecule has 14 nitrogen and oxygen atoms in total. The summed E-state index contributed by atoms with van der Waals surface area (Å²) in [5.41, 5.74) is 0.449. The molecule has 51 heavy (non-hydrogen) atoms. The van der Waals surface area contributed by atoms with Gasteiger partial charge in [0.2, 0.25) is 17.5 Å². The van der Waals surface area contributed by atoms with Crippen molar-refractivity contribution in [3.8, 4) is 17.3 Å². The molecular weight excluding hydrogens is 693 g/mol. The molecule has 1 unspecified atom stereocenters. The third-order valence-corrected chi connectivity index (χ3v) is 10.1. The quantitative estimate of drug-likeness (QED) is 0.267. The van der Waals surface area contributed by atoms with Gasteiger partial charge in [0.05, 0.1) is 27.7 Å². The molecule has 1 saturated heterocycles. The van der Waals surface area contributed by atoms with Crippen LogP contribution in [0.25, 0.3) is 17.3 Å². The second-order valence-corrected chi connectivity index (χ2v) is 13.6. The largest absolute Gasteiger partial charge is 0.504 e. The highest BCUT2D eigenvalue weighted by Crippen LogP contribution is 2.50. The molecule has 1 aromatic carbocycles. The van der Waals surface area contributed by atoms with Crippen molar-refractivity contribution in [3.05, 3.63) is 79.9 Å². The second-order valence-electron chi connectivity index (χ2n) is 13.2. The zero-order valence-corrected chi connectivity index (χ0v) is 28.7. The molecular formula is C33H32ClF3N10O4. The molecule has 1 fully saturated rings. The van der Waals surface area contributed by atoms with Crippen LogP contribution in [0.3, 0.4) is 0 Å². The number of hydrogen-bond acceptors (Lipinski definition) is 9. The Morgan fingerprint density at radius 1 is 1.12 bits per heavy atom. The number of benzene rings is 1. The average Bonchev–Trinajstić information content (AvgIpc) is 3.74. The van der Waals surface area contributed by atoms with Crippen molar-refractivity contribution < 1.29 is 27.9 Å². The van der Waals surface area contributed by atoms with E-state index in [-0.39, 0.29) is 65.0 Å². The summed E-state index contributed by atoms with van der Waals surface area (Å²) < 4.78 is 44.1. The maximum absolute atomic E-state index is 14.5. The van der Waals surface area contributed by atoms with Crippen LogP contribution in [-0.4, -0.2) is 73.8 Å². The SMILES string of the molecule is Cc1cc(-c2nc3n(CC(=O)Nc4ccc(C(F)(F)F)cc4Cl)c4c(c(=O)n3n2)C2(CCN(C(=O)c3ncnc(C)c3O)CC2)CC4C)n(C)n1. The van der Waals surface area contributed by atoms with Crippen LogP contribution in [0, 0.1) is 13.8 Å². The first-order chi connectivity index (χ1) is 24.1. The predicted octanol–water partition coefficient (Wildman–Crippen LogP) is 4.40. The number of carbonyl (C=O) groups is 2. The number of halogens is 4. The van der Waals surface area contributed by atoms with Gasteiger partial charge < -0.3 is 19.9 Å². The molecule has 4 aromatic heterocycles. The summed E-state index contributed by atoms with van der Waals surface area (Å²) in [5, 5.41) is 21.7. The van der Waals surface area contributed by atoms with E-state index in [2.05, 4.69) is 25.5 Å². The van der Waals surface area contributed by atoms with Gasteiger partial charge >= 0.3 is 6.18 Å². The fourth-order valence-electron chi connectivity index (χ4n) is 7.44. The van der Waals surface area contributed by atoms with Crippen molar-refractivity contribution in [2.75, 3.05) is 18.4 Å². The van der Waals surface area contributed by atoms with Crippen molar-refractivity contribution in [3.63, 3.8) is 0 Å². The van der Waals surface area contributed by atoms with E-state index in [4.69, 9.17) is 16.6 Å². The second kappa shape index (κ2) is 12.2. The minimum Gasteiger partial charge on any atom is -0.504 e. The molecule has 1 spiro atoms. The van der Waals surface area contributed by atoms with E-state index in [1.807, 2.05) is 6.92 Å². The van der Waals surface area contributed by atoms with Crippen molar-refractivity contribution >= 4 is 34.9 Å². The summed E-state index contributed by atoms with van der Waals surface area (Å²) in [6.07, 6.45) is -2.02. The molecule has 1 atom stereocenters. The molecule has 5 aromatic rings. The van der Waals surface area contributed by atoms with E-state index in [0.29, 0.717) is 41.9 Å². The number of carbonyl (C=O) groups excluding carboxylic acids is 2. The van der Waals surface area contributed by atoms with E-state index in [1.165, 1.54) is 10.8 Å². The number of hydrogen-bond donors (Lipinski definition) is 2. The van der Waals surface area contributed by atoms with Gasteiger partial charge in [0.1, 0.15) is 18.6 Å². The topological polar surface area (TPSA) is 165 Å². The van der Waals surface area contributed by atoms with E-state index >= 15 is 0 Å². The normalized spacial score (nSPS) is 16.9. The number of likely N-dealkylation sites (tertiary alicyclic amines) is 1. The van der Waals surface area contributed by atoms with Gasteiger partial charge in [-0.15, -0.1) is 5.10 Å². The monoisotopic (exact) mass is 724 g/mol. The Balaban J connectivity index is 1.28. The highest BCUT2D eigenvalue weighted by molar-refractivity contribution is 6.33. The number of nitrogens with zero attached hydrogens (tertiary/aromatic N) is 9. The maximum Gasteiger partial charge on any atom is 0.416 e. The Morgan fingerprint density at radius 2 is 1.84 bits per heavy atom. The van der Waals surface area contributed by atoms with Crippen molar-refractivity contribution in [2.24, 2.45) is 7.05 Å². The fourth-order valence-corrected chi connectivity index (χ4v) is 7.67. The standard InChI is InChI=1S/C33H32ClF3N10O4/c1-16-13-32(7-9-45(10-8-32)30(51)25-27(49)18(3)38-15-39-25)24-26(16)46(14-23(48)40-21-6-5-19(12-20(21)34)33(35,36)37)31-41-28(43-47(31)29(24)50)22-11-17(2)42-44(22)4/h5-6,11-12,15-16,49H,7-10,13-14H2,1-4H3,(H,40,48). The Kier molecular flexibility index (Phi) is 8.15. The van der Waals surface area contributed by atoms with Gasteiger partial charge in [0.25, 0.3) is 11.5 Å². The molecule has 0 bridgehead atoms. The molecule has 1 aliphatic heterocycles. The van der Waals surface area contributed by atoms with Crippen LogP contribution in [0.4, 0.5) is 18.9 Å². The lowest BCUT2D eigenvalue weighted by Crippen LogP contribution is -2.46. The van der Waals surface area contributed by atoms with Crippen LogP contribution < -0.4 is 10.9 Å². The van der Waals surface area contributed by atoms with Gasteiger partial charge in [-0.3, -0.25) is 19.1 Å². The molecule has 18 heteroatoms. The number of fused-ring (bicyclic) bond motifs is 3. The summed E-state index contributed by atoms with van der Waals surface area (Å²) in [6.45, 7) is 5.52. The minimum atomic E-state index is -4.61. The highest BCUT2D eigenvalue weighted by atomic mass is 35.5. The number of rotatable bonds is 5. The van der Waals surface area contributed by atoms with Gasteiger partial charge in [-0.25, -0.2) is 9.97 Å². The Morgan fingerprint density at radius 3 is 2.49 bits per heavy atom. The van der Waals surface area contributed by atoms with Gasteiger partial charge in [-0.1, -0.05) is 18.5 Å². The Bertz CT molecular complexity index is 2310. The maximum atomic E-state index is 14.5. The molecule has 2 amide bonds. The van der Waals surface area contributed by atoms with Crippen LogP contribution in [0.5, 0.6) is 5.75 Å². The third kappa shape index (κ3) is 5.78. The van der Waals surface area contributed by atoms with E-state index in [1.54, 1.807) is 41.1 Å². The van der Waals surface area contributed by atoms with E-state index in [0.717, 1.165) is 18.2 Å². The van der Waals surface area contributed by atoms with E-state index < -0.39 is 34.5 Å². The van der Waals surface area contributed by atoms with Crippen molar-refractivity contribution in [1.82, 2.24) is 43.8 Å². The molecule has 7 rings (SSSR count). The third-order valence-electron chi connectivity index (χ3n) is 9.80. The van der Waals surface area contributed by atoms with E-state index in [9.17, 15) is 32.7 Å². The Labute approximate surface area is 292 Å². The number of aryl methyl sites for hydroxylation is 3. The first-order valence-corrected chi connectivity index (χ1v) is 16.5. The van der Waals surface area contributed by atoms with Gasteiger partial charge in [-0.05, 0) is 63.3 Å². The highest BCUT2D eigenvalue weighted by Gasteiger charge is 2.49. The first kappa shape index (κ1) is 34.1. The first-order valence-electron chi connectivity index (χ1n) is 16.1. The number of aromatic hydroxyl groups is 1. The lowest BCUT2D eigenvalue weighted by molar-refractivity contribution is -0.137. The number of aromatic nitrogens is 8. The molecule has 2 N–H and O–H groups in total. The minimum absolute atomic E-state index is 0.0117. The van der Waals surface area contributed by atoms with Crippen molar-refractivity contribution in [1.29, 1.82) is 0 Å². The summed E-state index contributed by atoms with van der Waals surface area (Å²) in [6, 6.07) is 4.42. The summed E-state index contributed by atoms with van der Waals surface area (Å²) in [4.78, 5) is 55.7. The summed E-state index contributed by atoms with van der Waals surface area (Å²) in [5.74, 6) is -1.26. The van der Waals surface area contributed by atoms with Crippen LogP contribution in [0.15, 0.2) is 35.4 Å². The number of nitrogens with one attached hydrogen (secondary N) is 1. The van der Waals surface area contributed by atoms with Crippen LogP contribution in [0.1, 0.15) is 70.8 Å². The van der Waals surface area contributed by atoms with Crippen LogP contribution in [0.2, 0.25) is 5.02 Å². The number of alkyl halides is 3. The average molecular weight is 725 g/mol. The molecule has 266 valence electrons. The van der Waals surface area contributed by atoms with Crippen LogP contribution in [-0.2, 0) is 30.0 Å². The van der Waals surface area contributed by atoms with Gasteiger partial charge in [0.15, 0.2) is 11.4 Å². The molecule has 2 aliphatic rings. The molecule has 0 saturated carbocycles. The zero-order valence-electron chi connectivity index (χ0n) is 27.9.